The molecule has 0 amide bonds. The van der Waals surface area contributed by atoms with Crippen molar-refractivity contribution in [2.75, 3.05) is 21.3 Å². The average Bonchev–Trinajstić information content (AvgIpc) is 2.95. The zero-order chi connectivity index (χ0) is 26.8. The van der Waals surface area contributed by atoms with Crippen molar-refractivity contribution in [3.05, 3.63) is 101 Å². The molecule has 1 unspecified atom stereocenters. The van der Waals surface area contributed by atoms with Gasteiger partial charge in [-0.05, 0) is 40.6 Å². The third-order valence-corrected chi connectivity index (χ3v) is 6.43. The van der Waals surface area contributed by atoms with E-state index in [1.807, 2.05) is 36.4 Å². The third kappa shape index (κ3) is 4.20. The van der Waals surface area contributed by atoms with Gasteiger partial charge in [0.15, 0.2) is 11.5 Å². The van der Waals surface area contributed by atoms with Crippen molar-refractivity contribution in [2.24, 2.45) is 5.73 Å². The number of carbonyl (C=O) groups is 1. The van der Waals surface area contributed by atoms with Crippen LogP contribution in [0.5, 0.6) is 28.7 Å². The zero-order valence-electron chi connectivity index (χ0n) is 21.0. The predicted molar refractivity (Wildman–Crippen MR) is 141 cm³/mol. The predicted octanol–water partition coefficient (Wildman–Crippen LogP) is 5.30. The number of hydrogen-bond acceptors (Lipinski definition) is 8. The molecule has 1 aliphatic rings. The van der Waals surface area contributed by atoms with E-state index in [4.69, 9.17) is 29.4 Å². The lowest BCUT2D eigenvalue weighted by Crippen LogP contribution is -2.21. The van der Waals surface area contributed by atoms with Gasteiger partial charge in [-0.2, -0.15) is 5.26 Å². The number of nitrogens with two attached hydrogens (primary N) is 1. The highest BCUT2D eigenvalue weighted by molar-refractivity contribution is 6.05. The normalized spacial score (nSPS) is 14.2. The van der Waals surface area contributed by atoms with Gasteiger partial charge in [0.2, 0.25) is 11.6 Å². The quantitative estimate of drug-likeness (QED) is 0.276. The molecule has 38 heavy (non-hydrogen) atoms. The number of benzene rings is 4. The summed E-state index contributed by atoms with van der Waals surface area (Å²) in [6.45, 7) is 0. The van der Waals surface area contributed by atoms with Crippen molar-refractivity contribution >= 4 is 16.7 Å². The number of nitrogens with zero attached hydrogens (tertiary/aromatic N) is 1. The van der Waals surface area contributed by atoms with Gasteiger partial charge in [0.05, 0.1) is 32.8 Å². The molecule has 1 aliphatic heterocycles. The molecule has 0 fully saturated rings. The summed E-state index contributed by atoms with van der Waals surface area (Å²) in [5.74, 6) is 0.813. The summed E-state index contributed by atoms with van der Waals surface area (Å²) < 4.78 is 28.0. The number of allylic oxidation sites excluding steroid dienone is 1. The molecule has 1 atom stereocenters. The van der Waals surface area contributed by atoms with Crippen LogP contribution in [0.25, 0.3) is 10.8 Å². The molecule has 2 N–H and O–H groups in total. The van der Waals surface area contributed by atoms with Crippen LogP contribution >= 0.6 is 0 Å². The highest BCUT2D eigenvalue weighted by Gasteiger charge is 2.32. The number of carbonyl (C=O) groups excluding carboxylic acids is 1. The molecule has 0 spiro atoms. The van der Waals surface area contributed by atoms with Gasteiger partial charge in [0, 0.05) is 11.6 Å². The topological polar surface area (TPSA) is 113 Å². The number of nitriles is 1. The fourth-order valence-electron chi connectivity index (χ4n) is 4.68. The molecule has 4 aromatic carbocycles. The van der Waals surface area contributed by atoms with Crippen molar-refractivity contribution in [1.29, 1.82) is 5.26 Å². The summed E-state index contributed by atoms with van der Waals surface area (Å²) >= 11 is 0. The van der Waals surface area contributed by atoms with Gasteiger partial charge in [0.1, 0.15) is 23.1 Å². The van der Waals surface area contributed by atoms with Crippen molar-refractivity contribution in [3.8, 4) is 34.8 Å². The van der Waals surface area contributed by atoms with E-state index in [-0.39, 0.29) is 17.2 Å². The van der Waals surface area contributed by atoms with E-state index in [1.165, 1.54) is 21.3 Å². The maximum absolute atomic E-state index is 13.1. The fraction of sp³-hybridized carbons (Fsp3) is 0.133. The first kappa shape index (κ1) is 24.5. The molecule has 0 saturated heterocycles. The first-order chi connectivity index (χ1) is 18.5. The third-order valence-electron chi connectivity index (χ3n) is 6.43. The molecular weight excluding hydrogens is 484 g/mol. The van der Waals surface area contributed by atoms with Gasteiger partial charge < -0.3 is 29.4 Å². The monoisotopic (exact) mass is 508 g/mol. The second kappa shape index (κ2) is 10.1. The van der Waals surface area contributed by atoms with Crippen molar-refractivity contribution in [3.63, 3.8) is 0 Å². The SMILES string of the molecule is COc1cc(C2C(C#N)=C(N)Oc3cc(OC(=O)c4cccc5ccccc45)ccc32)cc(OC)c1OC. The Kier molecular flexibility index (Phi) is 6.50. The number of fused-ring (bicyclic) bond motifs is 2. The molecule has 1 heterocycles. The molecule has 5 rings (SSSR count). The summed E-state index contributed by atoms with van der Waals surface area (Å²) in [5.41, 5.74) is 8.20. The summed E-state index contributed by atoms with van der Waals surface area (Å²) in [7, 11) is 4.55. The smallest absolute Gasteiger partial charge is 0.344 e. The van der Waals surface area contributed by atoms with E-state index in [1.54, 1.807) is 36.4 Å². The molecule has 0 aromatic heterocycles. The van der Waals surface area contributed by atoms with Gasteiger partial charge in [-0.15, -0.1) is 0 Å². The number of methoxy groups -OCH3 is 3. The largest absolute Gasteiger partial charge is 0.493 e. The second-order valence-corrected chi connectivity index (χ2v) is 8.50. The molecule has 190 valence electrons. The molecular formula is C30H24N2O6. The summed E-state index contributed by atoms with van der Waals surface area (Å²) in [6, 6.07) is 23.7. The zero-order valence-corrected chi connectivity index (χ0v) is 21.0. The minimum atomic E-state index is -0.583. The molecule has 0 radical (unpaired) electrons. The van der Waals surface area contributed by atoms with Crippen molar-refractivity contribution < 1.29 is 28.5 Å². The number of hydrogen-bond donors (Lipinski definition) is 1. The Bertz CT molecular complexity index is 1610. The molecule has 0 aliphatic carbocycles. The molecule has 0 bridgehead atoms. The number of rotatable bonds is 6. The average molecular weight is 509 g/mol. The molecule has 8 heteroatoms. The second-order valence-electron chi connectivity index (χ2n) is 8.50. The van der Waals surface area contributed by atoms with Crippen LogP contribution in [0.1, 0.15) is 27.4 Å². The Hall–Kier alpha value is -5.16. The van der Waals surface area contributed by atoms with E-state index in [0.29, 0.717) is 39.7 Å². The van der Waals surface area contributed by atoms with Crippen molar-refractivity contribution in [2.45, 2.75) is 5.92 Å². The Morgan fingerprint density at radius 2 is 1.63 bits per heavy atom. The molecule has 4 aromatic rings. The van der Waals surface area contributed by atoms with Crippen LogP contribution in [0.15, 0.2) is 84.3 Å². The minimum Gasteiger partial charge on any atom is -0.493 e. The first-order valence-electron chi connectivity index (χ1n) is 11.7. The number of esters is 1. The standard InChI is InChI=1S/C30H24N2O6/c1-34-25-13-18(14-26(35-2)28(25)36-3)27-22-12-11-19(15-24(22)38-29(32)23(27)16-31)37-30(33)21-10-6-8-17-7-4-5-9-20(17)21/h4-15,27H,32H2,1-3H3. The van der Waals surface area contributed by atoms with Gasteiger partial charge in [0.25, 0.3) is 0 Å². The Morgan fingerprint density at radius 1 is 0.921 bits per heavy atom. The lowest BCUT2D eigenvalue weighted by Gasteiger charge is -2.27. The van der Waals surface area contributed by atoms with Gasteiger partial charge in [-0.25, -0.2) is 4.79 Å². The first-order valence-corrected chi connectivity index (χ1v) is 11.7. The van der Waals surface area contributed by atoms with Gasteiger partial charge in [-0.3, -0.25) is 0 Å². The Balaban J connectivity index is 1.54. The summed E-state index contributed by atoms with van der Waals surface area (Å²) in [4.78, 5) is 13.1. The Morgan fingerprint density at radius 3 is 2.32 bits per heavy atom. The van der Waals surface area contributed by atoms with E-state index in [2.05, 4.69) is 6.07 Å². The van der Waals surface area contributed by atoms with E-state index in [9.17, 15) is 10.1 Å². The fourth-order valence-corrected chi connectivity index (χ4v) is 4.68. The van der Waals surface area contributed by atoms with E-state index < -0.39 is 11.9 Å². The highest BCUT2D eigenvalue weighted by atomic mass is 16.5. The summed E-state index contributed by atoms with van der Waals surface area (Å²) in [5, 5.41) is 11.7. The maximum atomic E-state index is 13.1. The molecule has 8 nitrogen and oxygen atoms in total. The van der Waals surface area contributed by atoms with Gasteiger partial charge in [-0.1, -0.05) is 42.5 Å². The lowest BCUT2D eigenvalue weighted by molar-refractivity contribution is 0.0736. The van der Waals surface area contributed by atoms with Crippen molar-refractivity contribution in [1.82, 2.24) is 0 Å². The van der Waals surface area contributed by atoms with Crippen LogP contribution in [-0.2, 0) is 0 Å². The van der Waals surface area contributed by atoms with Crippen LogP contribution in [0, 0.1) is 11.3 Å². The van der Waals surface area contributed by atoms with Gasteiger partial charge >= 0.3 is 5.97 Å². The summed E-state index contributed by atoms with van der Waals surface area (Å²) in [6.07, 6.45) is 0. The van der Waals surface area contributed by atoms with Crippen LogP contribution in [0.4, 0.5) is 0 Å². The minimum absolute atomic E-state index is 0.0451. The van der Waals surface area contributed by atoms with Crippen LogP contribution < -0.4 is 29.4 Å². The van der Waals surface area contributed by atoms with E-state index in [0.717, 1.165) is 10.8 Å². The van der Waals surface area contributed by atoms with Crippen LogP contribution in [0.2, 0.25) is 0 Å². The highest BCUT2D eigenvalue weighted by Crippen LogP contribution is 2.47. The van der Waals surface area contributed by atoms with Crippen LogP contribution in [-0.4, -0.2) is 27.3 Å². The lowest BCUT2D eigenvalue weighted by atomic mass is 9.83. The number of ether oxygens (including phenoxy) is 5. The maximum Gasteiger partial charge on any atom is 0.344 e. The van der Waals surface area contributed by atoms with Crippen LogP contribution in [0.3, 0.4) is 0 Å². The van der Waals surface area contributed by atoms with E-state index >= 15 is 0 Å². The molecule has 0 saturated carbocycles. The Labute approximate surface area is 219 Å².